The molecule has 1 heterocycles. The van der Waals surface area contributed by atoms with E-state index in [4.69, 9.17) is 23.2 Å². The molecule has 1 atom stereocenters. The highest BCUT2D eigenvalue weighted by Crippen LogP contribution is 2.30. The van der Waals surface area contributed by atoms with Crippen molar-refractivity contribution in [2.75, 3.05) is 31.5 Å². The summed E-state index contributed by atoms with van der Waals surface area (Å²) in [5.41, 5.74) is 3.16. The Kier molecular flexibility index (Phi) is 7.48. The van der Waals surface area contributed by atoms with Crippen LogP contribution >= 0.6 is 23.2 Å². The number of carbonyl (C=O) groups excluding carboxylic acids is 1. The molecule has 1 aliphatic rings. The first-order valence-corrected chi connectivity index (χ1v) is 11.6. The average Bonchev–Trinajstić information content (AvgIpc) is 2.82. The Hall–Kier alpha value is -2.37. The Morgan fingerprint density at radius 3 is 1.88 bits per heavy atom. The Labute approximate surface area is 199 Å². The molecule has 32 heavy (non-hydrogen) atoms. The highest BCUT2D eigenvalue weighted by atomic mass is 35.5. The second-order valence-electron chi connectivity index (χ2n) is 8.09. The van der Waals surface area contributed by atoms with Crippen LogP contribution in [0.15, 0.2) is 78.9 Å². The summed E-state index contributed by atoms with van der Waals surface area (Å²) in [6, 6.07) is 26.3. The van der Waals surface area contributed by atoms with Crippen molar-refractivity contribution in [3.8, 4) is 0 Å². The van der Waals surface area contributed by atoms with Crippen molar-refractivity contribution in [1.82, 2.24) is 9.80 Å². The summed E-state index contributed by atoms with van der Waals surface area (Å²) in [5.74, 6) is -0.0645. The van der Waals surface area contributed by atoms with Crippen molar-refractivity contribution in [3.63, 3.8) is 0 Å². The van der Waals surface area contributed by atoms with Crippen LogP contribution in [0.2, 0.25) is 10.0 Å². The first-order chi connectivity index (χ1) is 15.5. The third-order valence-electron chi connectivity index (χ3n) is 6.06. The molecular formula is C26H27Cl2N3O. The summed E-state index contributed by atoms with van der Waals surface area (Å²) in [6.45, 7) is 5.35. The van der Waals surface area contributed by atoms with E-state index >= 15 is 0 Å². The normalized spacial score (nSPS) is 16.1. The van der Waals surface area contributed by atoms with E-state index in [0.717, 1.165) is 26.2 Å². The van der Waals surface area contributed by atoms with E-state index in [1.807, 2.05) is 6.92 Å². The van der Waals surface area contributed by atoms with Gasteiger partial charge in [0.15, 0.2) is 0 Å². The Morgan fingerprint density at radius 1 is 0.812 bits per heavy atom. The third kappa shape index (κ3) is 5.33. The number of nitrogens with one attached hydrogen (secondary N) is 1. The van der Waals surface area contributed by atoms with Crippen LogP contribution in [0, 0.1) is 0 Å². The van der Waals surface area contributed by atoms with Crippen LogP contribution in [0.25, 0.3) is 0 Å². The predicted octanol–water partition coefficient (Wildman–Crippen LogP) is 5.73. The van der Waals surface area contributed by atoms with E-state index in [-0.39, 0.29) is 18.0 Å². The van der Waals surface area contributed by atoms with Crippen LogP contribution in [-0.2, 0) is 4.79 Å². The molecule has 4 nitrogen and oxygen atoms in total. The van der Waals surface area contributed by atoms with Gasteiger partial charge in [0.1, 0.15) is 0 Å². The summed E-state index contributed by atoms with van der Waals surface area (Å²) >= 11 is 12.2. The van der Waals surface area contributed by atoms with Crippen LogP contribution in [0.1, 0.15) is 24.1 Å². The topological polar surface area (TPSA) is 35.6 Å². The molecule has 1 fully saturated rings. The molecule has 1 saturated heterocycles. The zero-order chi connectivity index (χ0) is 22.5. The van der Waals surface area contributed by atoms with Crippen LogP contribution in [0.5, 0.6) is 0 Å². The molecule has 0 radical (unpaired) electrons. The number of carbonyl (C=O) groups is 1. The van der Waals surface area contributed by atoms with E-state index in [9.17, 15) is 4.79 Å². The zero-order valence-corrected chi connectivity index (χ0v) is 19.6. The number of benzene rings is 3. The highest BCUT2D eigenvalue weighted by molar-refractivity contribution is 6.36. The molecule has 0 aromatic heterocycles. The van der Waals surface area contributed by atoms with Gasteiger partial charge in [0.05, 0.1) is 22.8 Å². The molecule has 0 aliphatic carbocycles. The summed E-state index contributed by atoms with van der Waals surface area (Å²) in [7, 11) is 0. The van der Waals surface area contributed by atoms with Crippen molar-refractivity contribution in [2.24, 2.45) is 0 Å². The number of hydrogen-bond acceptors (Lipinski definition) is 3. The monoisotopic (exact) mass is 467 g/mol. The number of rotatable bonds is 6. The first-order valence-electron chi connectivity index (χ1n) is 10.9. The maximum atomic E-state index is 12.8. The van der Waals surface area contributed by atoms with Crippen molar-refractivity contribution in [2.45, 2.75) is 19.0 Å². The molecule has 4 rings (SSSR count). The number of hydrogen-bond donors (Lipinski definition) is 1. The fourth-order valence-corrected chi connectivity index (χ4v) is 4.72. The standard InChI is InChI=1S/C26H27Cl2N3O/c1-19(26(32)29-24-13-12-22(27)18-23(24)28)30-14-16-31(17-15-30)25(20-8-4-2-5-9-20)21-10-6-3-7-11-21/h2-13,18-19,25H,14-17H2,1H3,(H,29,32). The lowest BCUT2D eigenvalue weighted by molar-refractivity contribution is -0.121. The van der Waals surface area contributed by atoms with Crippen molar-refractivity contribution in [3.05, 3.63) is 100 Å². The fourth-order valence-electron chi connectivity index (χ4n) is 4.26. The molecule has 6 heteroatoms. The van der Waals surface area contributed by atoms with Crippen LogP contribution in [-0.4, -0.2) is 47.9 Å². The Morgan fingerprint density at radius 2 is 1.34 bits per heavy atom. The molecule has 1 aliphatic heterocycles. The van der Waals surface area contributed by atoms with Crippen LogP contribution < -0.4 is 5.32 Å². The van der Waals surface area contributed by atoms with E-state index in [1.54, 1.807) is 18.2 Å². The summed E-state index contributed by atoms with van der Waals surface area (Å²) in [5, 5.41) is 3.92. The quantitative estimate of drug-likeness (QED) is 0.502. The molecule has 1 unspecified atom stereocenters. The molecule has 0 bridgehead atoms. The number of piperazine rings is 1. The SMILES string of the molecule is CC(C(=O)Nc1ccc(Cl)cc1Cl)N1CCN(C(c2ccccc2)c2ccccc2)CC1. The van der Waals surface area contributed by atoms with E-state index in [0.29, 0.717) is 15.7 Å². The van der Waals surface area contributed by atoms with Gasteiger partial charge in [0, 0.05) is 31.2 Å². The maximum Gasteiger partial charge on any atom is 0.241 e. The van der Waals surface area contributed by atoms with Gasteiger partial charge in [-0.15, -0.1) is 0 Å². The van der Waals surface area contributed by atoms with Crippen LogP contribution in [0.3, 0.4) is 0 Å². The molecule has 1 N–H and O–H groups in total. The van der Waals surface area contributed by atoms with Gasteiger partial charge in [0.2, 0.25) is 5.91 Å². The van der Waals surface area contributed by atoms with Crippen LogP contribution in [0.4, 0.5) is 5.69 Å². The maximum absolute atomic E-state index is 12.8. The lowest BCUT2D eigenvalue weighted by atomic mass is 9.96. The summed E-state index contributed by atoms with van der Waals surface area (Å²) in [6.07, 6.45) is 0. The number of anilines is 1. The third-order valence-corrected chi connectivity index (χ3v) is 6.61. The second-order valence-corrected chi connectivity index (χ2v) is 8.93. The van der Waals surface area contributed by atoms with Gasteiger partial charge in [-0.3, -0.25) is 14.6 Å². The summed E-state index contributed by atoms with van der Waals surface area (Å²) in [4.78, 5) is 17.6. The lowest BCUT2D eigenvalue weighted by Gasteiger charge is -2.41. The zero-order valence-electron chi connectivity index (χ0n) is 18.0. The minimum absolute atomic E-state index is 0.0645. The van der Waals surface area contributed by atoms with Crippen molar-refractivity contribution < 1.29 is 4.79 Å². The van der Waals surface area contributed by atoms with Gasteiger partial charge in [-0.25, -0.2) is 0 Å². The van der Waals surface area contributed by atoms with Gasteiger partial charge >= 0.3 is 0 Å². The highest BCUT2D eigenvalue weighted by Gasteiger charge is 2.30. The lowest BCUT2D eigenvalue weighted by Crippen LogP contribution is -2.53. The molecule has 3 aromatic carbocycles. The molecule has 166 valence electrons. The minimum Gasteiger partial charge on any atom is -0.323 e. The van der Waals surface area contributed by atoms with Gasteiger partial charge in [-0.2, -0.15) is 0 Å². The Bertz CT molecular complexity index is 998. The number of amides is 1. The van der Waals surface area contributed by atoms with Gasteiger partial charge in [0.25, 0.3) is 0 Å². The largest absolute Gasteiger partial charge is 0.323 e. The number of halogens is 2. The van der Waals surface area contributed by atoms with Gasteiger partial charge in [-0.05, 0) is 36.2 Å². The molecule has 1 amide bonds. The second kappa shape index (κ2) is 10.5. The predicted molar refractivity (Wildman–Crippen MR) is 132 cm³/mol. The fraction of sp³-hybridized carbons (Fsp3) is 0.269. The molecule has 3 aromatic rings. The number of nitrogens with zero attached hydrogens (tertiary/aromatic N) is 2. The van der Waals surface area contributed by atoms with E-state index in [1.165, 1.54) is 11.1 Å². The summed E-state index contributed by atoms with van der Waals surface area (Å²) < 4.78 is 0. The van der Waals surface area contributed by atoms with Gasteiger partial charge < -0.3 is 5.32 Å². The van der Waals surface area contributed by atoms with E-state index < -0.39 is 0 Å². The minimum atomic E-state index is -0.254. The van der Waals surface area contributed by atoms with E-state index in [2.05, 4.69) is 75.8 Å². The first kappa shape index (κ1) is 22.8. The molecule has 0 saturated carbocycles. The van der Waals surface area contributed by atoms with Crippen molar-refractivity contribution >= 4 is 34.8 Å². The molecule has 0 spiro atoms. The Balaban J connectivity index is 1.42. The molecular weight excluding hydrogens is 441 g/mol. The smallest absolute Gasteiger partial charge is 0.241 e. The van der Waals surface area contributed by atoms with Gasteiger partial charge in [-0.1, -0.05) is 83.9 Å². The van der Waals surface area contributed by atoms with Crippen molar-refractivity contribution in [1.29, 1.82) is 0 Å². The average molecular weight is 468 g/mol.